The minimum absolute atomic E-state index is 0.0728. The van der Waals surface area contributed by atoms with Crippen molar-refractivity contribution in [2.75, 3.05) is 32.2 Å². The Morgan fingerprint density at radius 3 is 2.35 bits per heavy atom. The van der Waals surface area contributed by atoms with E-state index >= 15 is 0 Å². The minimum atomic E-state index is -0.180. The summed E-state index contributed by atoms with van der Waals surface area (Å²) in [6.07, 6.45) is -0.180. The third-order valence-electron chi connectivity index (χ3n) is 2.18. The topological polar surface area (TPSA) is 99.5 Å². The van der Waals surface area contributed by atoms with Gasteiger partial charge >= 0.3 is 0 Å². The van der Waals surface area contributed by atoms with Crippen molar-refractivity contribution in [2.24, 2.45) is 0 Å². The van der Waals surface area contributed by atoms with Gasteiger partial charge in [-0.1, -0.05) is 0 Å². The predicted octanol–water partition coefficient (Wildman–Crippen LogP) is 0.326. The number of hydrogen-bond acceptors (Lipinski definition) is 7. The zero-order valence-corrected chi connectivity index (χ0v) is 10.6. The smallest absolute Gasteiger partial charge is 0.247 e. The normalized spacial score (nSPS) is 12.5. The van der Waals surface area contributed by atoms with Crippen LogP contribution in [0.15, 0.2) is 0 Å². The molecule has 1 heterocycles. The fourth-order valence-electron chi connectivity index (χ4n) is 1.05. The summed E-state index contributed by atoms with van der Waals surface area (Å²) in [6.45, 7) is 4.15. The fourth-order valence-corrected chi connectivity index (χ4v) is 1.05. The Morgan fingerprint density at radius 1 is 1.24 bits per heavy atom. The molecular formula is C10H19N5O2. The van der Waals surface area contributed by atoms with Gasteiger partial charge < -0.3 is 20.9 Å². The molecule has 7 heteroatoms. The molecule has 4 N–H and O–H groups in total. The molecule has 1 aromatic heterocycles. The van der Waals surface area contributed by atoms with Gasteiger partial charge in [-0.25, -0.2) is 0 Å². The number of aromatic nitrogens is 2. The SMILES string of the molecule is CCOc1nc(N)nc(OC(C)N(C)C)c1N. The Labute approximate surface area is 101 Å². The van der Waals surface area contributed by atoms with Crippen LogP contribution in [-0.2, 0) is 0 Å². The van der Waals surface area contributed by atoms with Crippen molar-refractivity contribution < 1.29 is 9.47 Å². The second-order valence-electron chi connectivity index (χ2n) is 3.72. The number of anilines is 2. The van der Waals surface area contributed by atoms with Crippen LogP contribution in [0.25, 0.3) is 0 Å². The molecule has 17 heavy (non-hydrogen) atoms. The molecule has 0 saturated heterocycles. The lowest BCUT2D eigenvalue weighted by atomic mass is 10.5. The van der Waals surface area contributed by atoms with E-state index < -0.39 is 0 Å². The van der Waals surface area contributed by atoms with E-state index in [9.17, 15) is 0 Å². The monoisotopic (exact) mass is 241 g/mol. The molecule has 0 aromatic carbocycles. The first-order valence-electron chi connectivity index (χ1n) is 5.34. The van der Waals surface area contributed by atoms with Gasteiger partial charge in [-0.05, 0) is 27.9 Å². The first-order chi connectivity index (χ1) is 7.95. The summed E-state index contributed by atoms with van der Waals surface area (Å²) in [5.41, 5.74) is 11.7. The van der Waals surface area contributed by atoms with Crippen LogP contribution in [0.2, 0.25) is 0 Å². The lowest BCUT2D eigenvalue weighted by Gasteiger charge is -2.21. The van der Waals surface area contributed by atoms with E-state index in [0.29, 0.717) is 6.61 Å². The van der Waals surface area contributed by atoms with Crippen LogP contribution >= 0.6 is 0 Å². The highest BCUT2D eigenvalue weighted by molar-refractivity contribution is 5.58. The molecular weight excluding hydrogens is 222 g/mol. The van der Waals surface area contributed by atoms with E-state index in [1.54, 1.807) is 0 Å². The largest absolute Gasteiger partial charge is 0.476 e. The van der Waals surface area contributed by atoms with Crippen LogP contribution < -0.4 is 20.9 Å². The third-order valence-corrected chi connectivity index (χ3v) is 2.18. The molecule has 0 bridgehead atoms. The molecule has 0 saturated carbocycles. The van der Waals surface area contributed by atoms with Crippen molar-refractivity contribution >= 4 is 11.6 Å². The van der Waals surface area contributed by atoms with Gasteiger partial charge in [-0.2, -0.15) is 9.97 Å². The molecule has 96 valence electrons. The van der Waals surface area contributed by atoms with Crippen LogP contribution in [0.3, 0.4) is 0 Å². The molecule has 0 aliphatic rings. The molecule has 0 aliphatic carbocycles. The quantitative estimate of drug-likeness (QED) is 0.716. The molecule has 7 nitrogen and oxygen atoms in total. The first-order valence-corrected chi connectivity index (χ1v) is 5.34. The molecule has 0 fully saturated rings. The van der Waals surface area contributed by atoms with Crippen LogP contribution in [0.1, 0.15) is 13.8 Å². The fraction of sp³-hybridized carbons (Fsp3) is 0.600. The van der Waals surface area contributed by atoms with Gasteiger partial charge in [0.2, 0.25) is 17.7 Å². The molecule has 0 radical (unpaired) electrons. The van der Waals surface area contributed by atoms with Crippen LogP contribution in [0.4, 0.5) is 11.6 Å². The predicted molar refractivity (Wildman–Crippen MR) is 65.8 cm³/mol. The Balaban J connectivity index is 2.98. The molecule has 1 aromatic rings. The minimum Gasteiger partial charge on any atom is -0.476 e. The summed E-state index contributed by atoms with van der Waals surface area (Å²) in [4.78, 5) is 9.72. The molecule has 1 atom stereocenters. The second-order valence-corrected chi connectivity index (χ2v) is 3.72. The number of nitrogens with zero attached hydrogens (tertiary/aromatic N) is 3. The number of nitrogens with two attached hydrogens (primary N) is 2. The number of nitrogen functional groups attached to an aromatic ring is 2. The molecule has 0 spiro atoms. The average molecular weight is 241 g/mol. The summed E-state index contributed by atoms with van der Waals surface area (Å²) in [7, 11) is 3.77. The number of rotatable bonds is 5. The van der Waals surface area contributed by atoms with Crippen LogP contribution in [-0.4, -0.2) is 41.8 Å². The van der Waals surface area contributed by atoms with Gasteiger partial charge in [-0.3, -0.25) is 4.90 Å². The molecule has 0 aliphatic heterocycles. The van der Waals surface area contributed by atoms with Crippen molar-refractivity contribution in [3.63, 3.8) is 0 Å². The third kappa shape index (κ3) is 3.35. The average Bonchev–Trinajstić information content (AvgIpc) is 2.24. The van der Waals surface area contributed by atoms with Crippen molar-refractivity contribution in [2.45, 2.75) is 20.1 Å². The Bertz CT molecular complexity index is 383. The second kappa shape index (κ2) is 5.53. The van der Waals surface area contributed by atoms with E-state index in [4.69, 9.17) is 20.9 Å². The Kier molecular flexibility index (Phi) is 4.33. The maximum Gasteiger partial charge on any atom is 0.247 e. The van der Waals surface area contributed by atoms with Crippen molar-refractivity contribution in [1.82, 2.24) is 14.9 Å². The van der Waals surface area contributed by atoms with Crippen molar-refractivity contribution in [1.29, 1.82) is 0 Å². The zero-order valence-electron chi connectivity index (χ0n) is 10.6. The lowest BCUT2D eigenvalue weighted by molar-refractivity contribution is 0.0774. The standard InChI is InChI=1S/C10H19N5O2/c1-5-16-8-7(11)9(14-10(12)13-8)17-6(2)15(3)4/h6H,5,11H2,1-4H3,(H2,12,13,14). The number of ether oxygens (including phenoxy) is 2. The summed E-state index contributed by atoms with van der Waals surface area (Å²) in [5.74, 6) is 0.562. The first kappa shape index (κ1) is 13.3. The van der Waals surface area contributed by atoms with E-state index in [1.807, 2.05) is 32.8 Å². The maximum atomic E-state index is 5.84. The van der Waals surface area contributed by atoms with Gasteiger partial charge in [0.15, 0.2) is 11.9 Å². The van der Waals surface area contributed by atoms with Gasteiger partial charge in [0, 0.05) is 0 Å². The summed E-state index contributed by atoms with van der Waals surface area (Å²) in [6, 6.07) is 0. The van der Waals surface area contributed by atoms with Crippen molar-refractivity contribution in [3.05, 3.63) is 0 Å². The molecule has 1 unspecified atom stereocenters. The van der Waals surface area contributed by atoms with Crippen LogP contribution in [0.5, 0.6) is 11.8 Å². The van der Waals surface area contributed by atoms with Gasteiger partial charge in [0.05, 0.1) is 6.61 Å². The number of hydrogen-bond donors (Lipinski definition) is 2. The lowest BCUT2D eigenvalue weighted by Crippen LogP contribution is -2.30. The zero-order chi connectivity index (χ0) is 13.0. The van der Waals surface area contributed by atoms with E-state index in [1.165, 1.54) is 0 Å². The van der Waals surface area contributed by atoms with Gasteiger partial charge in [0.25, 0.3) is 0 Å². The van der Waals surface area contributed by atoms with Gasteiger partial charge in [0.1, 0.15) is 0 Å². The van der Waals surface area contributed by atoms with E-state index in [0.717, 1.165) is 0 Å². The Hall–Kier alpha value is -1.76. The van der Waals surface area contributed by atoms with Gasteiger partial charge in [-0.15, -0.1) is 0 Å². The van der Waals surface area contributed by atoms with Crippen molar-refractivity contribution in [3.8, 4) is 11.8 Å². The highest BCUT2D eigenvalue weighted by Crippen LogP contribution is 2.29. The molecule has 1 rings (SSSR count). The van der Waals surface area contributed by atoms with Crippen LogP contribution in [0, 0.1) is 0 Å². The highest BCUT2D eigenvalue weighted by atomic mass is 16.5. The summed E-state index contributed by atoms with van der Waals surface area (Å²) in [5, 5.41) is 0. The Morgan fingerprint density at radius 2 is 1.82 bits per heavy atom. The van der Waals surface area contributed by atoms with E-state index in [2.05, 4.69) is 9.97 Å². The highest BCUT2D eigenvalue weighted by Gasteiger charge is 2.16. The maximum absolute atomic E-state index is 5.84. The summed E-state index contributed by atoms with van der Waals surface area (Å²) >= 11 is 0. The molecule has 0 amide bonds. The summed E-state index contributed by atoms with van der Waals surface area (Å²) < 4.78 is 10.8. The van der Waals surface area contributed by atoms with E-state index in [-0.39, 0.29) is 29.6 Å².